The van der Waals surface area contributed by atoms with Gasteiger partial charge in [-0.2, -0.15) is 5.26 Å². The fraction of sp³-hybridized carbons (Fsp3) is 0.350. The van der Waals surface area contributed by atoms with Crippen LogP contribution in [0.3, 0.4) is 0 Å². The molecule has 0 saturated carbocycles. The van der Waals surface area contributed by atoms with Crippen molar-refractivity contribution in [2.75, 3.05) is 20.3 Å². The molecule has 1 saturated heterocycles. The molecule has 26 heavy (non-hydrogen) atoms. The maximum Gasteiger partial charge on any atom is 0.241 e. The number of hydrogen-bond acceptors (Lipinski definition) is 5. The first-order valence-corrected chi connectivity index (χ1v) is 8.52. The molecule has 1 fully saturated rings. The Bertz CT molecular complexity index is 778. The molecule has 0 radical (unpaired) electrons. The lowest BCUT2D eigenvalue weighted by Crippen LogP contribution is -2.45. The van der Waals surface area contributed by atoms with Crippen molar-refractivity contribution >= 4 is 5.91 Å². The second-order valence-corrected chi connectivity index (χ2v) is 6.27. The van der Waals surface area contributed by atoms with Crippen LogP contribution in [0.1, 0.15) is 30.0 Å². The zero-order valence-electron chi connectivity index (χ0n) is 14.6. The lowest BCUT2D eigenvalue weighted by atomic mass is 9.80. The summed E-state index contributed by atoms with van der Waals surface area (Å²) in [5, 5.41) is 12.7. The Hall–Kier alpha value is -2.91. The average molecular weight is 351 g/mol. The van der Waals surface area contributed by atoms with Crippen molar-refractivity contribution < 1.29 is 14.3 Å². The molecule has 1 aliphatic rings. The van der Waals surface area contributed by atoms with Gasteiger partial charge in [-0.1, -0.05) is 12.1 Å². The van der Waals surface area contributed by atoms with Gasteiger partial charge in [0.25, 0.3) is 0 Å². The van der Waals surface area contributed by atoms with Crippen molar-refractivity contribution in [3.05, 3.63) is 59.9 Å². The van der Waals surface area contributed by atoms with Gasteiger partial charge in [0.1, 0.15) is 11.2 Å². The number of carbonyl (C=O) groups excluding carboxylic acids is 1. The van der Waals surface area contributed by atoms with Gasteiger partial charge < -0.3 is 14.8 Å². The van der Waals surface area contributed by atoms with Crippen LogP contribution in [0.15, 0.2) is 48.8 Å². The van der Waals surface area contributed by atoms with E-state index in [1.54, 1.807) is 19.5 Å². The number of methoxy groups -OCH3 is 1. The zero-order valence-corrected chi connectivity index (χ0v) is 14.6. The van der Waals surface area contributed by atoms with Gasteiger partial charge in [0, 0.05) is 25.6 Å². The molecule has 1 amide bonds. The maximum absolute atomic E-state index is 13.0. The third kappa shape index (κ3) is 3.68. The summed E-state index contributed by atoms with van der Waals surface area (Å²) in [4.78, 5) is 17.0. The van der Waals surface area contributed by atoms with Gasteiger partial charge in [0.05, 0.1) is 19.2 Å². The fourth-order valence-corrected chi connectivity index (χ4v) is 3.09. The number of carbonyl (C=O) groups is 1. The molecule has 1 N–H and O–H groups in total. The minimum Gasteiger partial charge on any atom is -0.497 e. The van der Waals surface area contributed by atoms with Crippen molar-refractivity contribution in [3.63, 3.8) is 0 Å². The molecule has 1 aromatic carbocycles. The molecule has 3 rings (SSSR count). The number of pyridine rings is 1. The van der Waals surface area contributed by atoms with Crippen molar-refractivity contribution in [1.29, 1.82) is 5.26 Å². The van der Waals surface area contributed by atoms with Crippen molar-refractivity contribution in [2.24, 2.45) is 5.41 Å². The lowest BCUT2D eigenvalue weighted by Gasteiger charge is -2.31. The van der Waals surface area contributed by atoms with Crippen LogP contribution >= 0.6 is 0 Å². The Morgan fingerprint density at radius 1 is 1.19 bits per heavy atom. The number of aromatic nitrogens is 1. The van der Waals surface area contributed by atoms with Gasteiger partial charge in [-0.15, -0.1) is 0 Å². The Morgan fingerprint density at radius 2 is 1.81 bits per heavy atom. The van der Waals surface area contributed by atoms with E-state index in [0.717, 1.165) is 16.9 Å². The summed E-state index contributed by atoms with van der Waals surface area (Å²) in [7, 11) is 1.61. The normalized spacial score (nSPS) is 16.9. The Kier molecular flexibility index (Phi) is 5.49. The Balaban J connectivity index is 1.91. The van der Waals surface area contributed by atoms with Crippen LogP contribution in [-0.4, -0.2) is 31.2 Å². The molecule has 1 aromatic heterocycles. The molecule has 6 heteroatoms. The molecule has 0 spiro atoms. The predicted molar refractivity (Wildman–Crippen MR) is 95.3 cm³/mol. The number of amides is 1. The van der Waals surface area contributed by atoms with Crippen LogP contribution in [0.4, 0.5) is 0 Å². The first-order chi connectivity index (χ1) is 12.7. The SMILES string of the molecule is COc1ccc(C(NC(=O)C2(C#N)CCOCC2)c2ccncc2)cc1. The third-order valence-corrected chi connectivity index (χ3v) is 4.76. The zero-order chi connectivity index (χ0) is 18.4. The van der Waals surface area contributed by atoms with E-state index in [1.807, 2.05) is 36.4 Å². The van der Waals surface area contributed by atoms with E-state index in [0.29, 0.717) is 26.1 Å². The summed E-state index contributed by atoms with van der Waals surface area (Å²) in [5.74, 6) is 0.479. The molecule has 6 nitrogen and oxygen atoms in total. The Labute approximate surface area is 152 Å². The highest BCUT2D eigenvalue weighted by molar-refractivity contribution is 5.86. The number of nitrogens with one attached hydrogen (secondary N) is 1. The predicted octanol–water partition coefficient (Wildman–Crippen LogP) is 2.62. The van der Waals surface area contributed by atoms with Gasteiger partial charge in [-0.05, 0) is 48.2 Å². The molecule has 1 atom stereocenters. The van der Waals surface area contributed by atoms with E-state index < -0.39 is 5.41 Å². The molecule has 0 bridgehead atoms. The summed E-state index contributed by atoms with van der Waals surface area (Å²) in [5.41, 5.74) is 0.764. The second kappa shape index (κ2) is 7.98. The van der Waals surface area contributed by atoms with Crippen LogP contribution < -0.4 is 10.1 Å². The maximum atomic E-state index is 13.0. The first kappa shape index (κ1) is 17.9. The van der Waals surface area contributed by atoms with Crippen molar-refractivity contribution in [2.45, 2.75) is 18.9 Å². The van der Waals surface area contributed by atoms with E-state index in [2.05, 4.69) is 16.4 Å². The Morgan fingerprint density at radius 3 is 2.38 bits per heavy atom. The smallest absolute Gasteiger partial charge is 0.241 e. The molecule has 1 aliphatic heterocycles. The molecular formula is C20H21N3O3. The summed E-state index contributed by atoms with van der Waals surface area (Å²) in [6.07, 6.45) is 4.18. The lowest BCUT2D eigenvalue weighted by molar-refractivity contribution is -0.132. The summed E-state index contributed by atoms with van der Waals surface area (Å²) < 4.78 is 10.5. The quantitative estimate of drug-likeness (QED) is 0.895. The topological polar surface area (TPSA) is 84.2 Å². The number of rotatable bonds is 5. The molecule has 2 heterocycles. The van der Waals surface area contributed by atoms with Crippen molar-refractivity contribution in [3.8, 4) is 11.8 Å². The summed E-state index contributed by atoms with van der Waals surface area (Å²) >= 11 is 0. The number of nitrogens with zero attached hydrogens (tertiary/aromatic N) is 2. The monoisotopic (exact) mass is 351 g/mol. The van der Waals surface area contributed by atoms with E-state index >= 15 is 0 Å². The minimum atomic E-state index is -1.05. The average Bonchev–Trinajstić information content (AvgIpc) is 2.73. The largest absolute Gasteiger partial charge is 0.497 e. The number of nitriles is 1. The standard InChI is InChI=1S/C20H21N3O3/c1-25-17-4-2-15(3-5-17)18(16-6-10-22-11-7-16)23-19(24)20(14-21)8-12-26-13-9-20/h2-7,10-11,18H,8-9,12-13H2,1H3,(H,23,24). The van der Waals surface area contributed by atoms with E-state index in [-0.39, 0.29) is 11.9 Å². The molecule has 134 valence electrons. The van der Waals surface area contributed by atoms with Crippen LogP contribution in [-0.2, 0) is 9.53 Å². The van der Waals surface area contributed by atoms with E-state index in [9.17, 15) is 10.1 Å². The summed E-state index contributed by atoms with van der Waals surface area (Å²) in [6, 6.07) is 13.1. The van der Waals surface area contributed by atoms with Crippen LogP contribution in [0.5, 0.6) is 5.75 Å². The number of hydrogen-bond donors (Lipinski definition) is 1. The molecule has 0 aliphatic carbocycles. The van der Waals surface area contributed by atoms with Gasteiger partial charge in [-0.3, -0.25) is 9.78 Å². The third-order valence-electron chi connectivity index (χ3n) is 4.76. The van der Waals surface area contributed by atoms with Crippen molar-refractivity contribution in [1.82, 2.24) is 10.3 Å². The highest BCUT2D eigenvalue weighted by atomic mass is 16.5. The van der Waals surface area contributed by atoms with Crippen LogP contribution in [0.25, 0.3) is 0 Å². The second-order valence-electron chi connectivity index (χ2n) is 6.27. The molecule has 2 aromatic rings. The first-order valence-electron chi connectivity index (χ1n) is 8.52. The molecular weight excluding hydrogens is 330 g/mol. The van der Waals surface area contributed by atoms with Crippen LogP contribution in [0.2, 0.25) is 0 Å². The summed E-state index contributed by atoms with van der Waals surface area (Å²) in [6.45, 7) is 0.840. The highest BCUT2D eigenvalue weighted by Crippen LogP contribution is 2.32. The van der Waals surface area contributed by atoms with E-state index in [1.165, 1.54) is 0 Å². The van der Waals surface area contributed by atoms with Gasteiger partial charge in [0.2, 0.25) is 5.91 Å². The molecule has 1 unspecified atom stereocenters. The highest BCUT2D eigenvalue weighted by Gasteiger charge is 2.41. The number of ether oxygens (including phenoxy) is 2. The van der Waals surface area contributed by atoms with Crippen LogP contribution in [0, 0.1) is 16.7 Å². The van der Waals surface area contributed by atoms with Gasteiger partial charge in [0.15, 0.2) is 0 Å². The number of benzene rings is 1. The fourth-order valence-electron chi connectivity index (χ4n) is 3.09. The minimum absolute atomic E-state index is 0.263. The van der Waals surface area contributed by atoms with E-state index in [4.69, 9.17) is 9.47 Å². The van der Waals surface area contributed by atoms with Gasteiger partial charge >= 0.3 is 0 Å². The van der Waals surface area contributed by atoms with Gasteiger partial charge in [-0.25, -0.2) is 0 Å².